The molecule has 0 spiro atoms. The number of carbonyl (C=O) groups excluding carboxylic acids is 2. The monoisotopic (exact) mass is 325 g/mol. The molecule has 4 nitrogen and oxygen atoms in total. The Morgan fingerprint density at radius 2 is 1.82 bits per heavy atom. The first-order valence-electron chi connectivity index (χ1n) is 7.54. The van der Waals surface area contributed by atoms with Crippen LogP contribution >= 0.6 is 0 Å². The molecule has 0 aliphatic rings. The van der Waals surface area contributed by atoms with Gasteiger partial charge >= 0.3 is 0 Å². The van der Waals surface area contributed by atoms with Crippen molar-refractivity contribution in [1.29, 1.82) is 0 Å². The number of hydrogen-bond acceptors (Lipinski definition) is 3. The molecule has 0 bridgehead atoms. The highest BCUT2D eigenvalue weighted by atomic mass is 28.4. The standard InChI is InChI=1S/C16H24FNO3Si/c1-22(2,3)21-15(19)11-5-4-8-12-18-16(20)13-9-6-7-10-14(13)17/h6-7,9-10H,4-5,8,11-12H2,1-3H3,(H,18,20). The van der Waals surface area contributed by atoms with Crippen molar-refractivity contribution < 1.29 is 18.4 Å². The molecule has 0 fully saturated rings. The second kappa shape index (κ2) is 8.68. The average molecular weight is 325 g/mol. The Balaban J connectivity index is 2.15. The minimum absolute atomic E-state index is 0.0567. The number of amides is 1. The molecule has 0 aromatic heterocycles. The topological polar surface area (TPSA) is 55.4 Å². The van der Waals surface area contributed by atoms with Crippen LogP contribution in [0.1, 0.15) is 36.0 Å². The van der Waals surface area contributed by atoms with Gasteiger partial charge in [-0.25, -0.2) is 4.39 Å². The zero-order valence-corrected chi connectivity index (χ0v) is 14.4. The second-order valence-electron chi connectivity index (χ2n) is 6.13. The Labute approximate surface area is 132 Å². The first-order valence-corrected chi connectivity index (χ1v) is 10.9. The van der Waals surface area contributed by atoms with Crippen molar-refractivity contribution in [3.8, 4) is 0 Å². The van der Waals surface area contributed by atoms with E-state index in [-0.39, 0.29) is 11.5 Å². The van der Waals surface area contributed by atoms with Gasteiger partial charge in [0, 0.05) is 13.0 Å². The molecule has 0 saturated heterocycles. The van der Waals surface area contributed by atoms with Crippen LogP contribution in [-0.4, -0.2) is 26.7 Å². The Kier molecular flexibility index (Phi) is 7.24. The first-order chi connectivity index (χ1) is 10.3. The molecule has 0 radical (unpaired) electrons. The van der Waals surface area contributed by atoms with Gasteiger partial charge in [0.05, 0.1) is 5.56 Å². The van der Waals surface area contributed by atoms with E-state index in [1.165, 1.54) is 12.1 Å². The number of halogens is 1. The molecule has 6 heteroatoms. The number of carbonyl (C=O) groups is 2. The van der Waals surface area contributed by atoms with Crippen molar-refractivity contribution in [1.82, 2.24) is 5.32 Å². The number of rotatable bonds is 8. The van der Waals surface area contributed by atoms with Gasteiger partial charge in [-0.05, 0) is 44.6 Å². The van der Waals surface area contributed by atoms with Crippen LogP contribution in [0, 0.1) is 5.82 Å². The van der Waals surface area contributed by atoms with E-state index >= 15 is 0 Å². The molecule has 1 aromatic carbocycles. The number of hydrogen-bond donors (Lipinski definition) is 1. The van der Waals surface area contributed by atoms with Crippen LogP contribution in [0.2, 0.25) is 19.6 Å². The van der Waals surface area contributed by atoms with Crippen molar-refractivity contribution in [2.75, 3.05) is 6.54 Å². The summed E-state index contributed by atoms with van der Waals surface area (Å²) in [5.41, 5.74) is 0.0567. The minimum atomic E-state index is -1.80. The lowest BCUT2D eigenvalue weighted by Gasteiger charge is -2.17. The highest BCUT2D eigenvalue weighted by Crippen LogP contribution is 2.08. The lowest BCUT2D eigenvalue weighted by molar-refractivity contribution is -0.135. The third-order valence-electron chi connectivity index (χ3n) is 2.88. The summed E-state index contributed by atoms with van der Waals surface area (Å²) in [5, 5.41) is 2.68. The van der Waals surface area contributed by atoms with Crippen LogP contribution in [0.25, 0.3) is 0 Å². The molecule has 0 aliphatic heterocycles. The number of unbranched alkanes of at least 4 members (excludes halogenated alkanes) is 2. The maximum Gasteiger partial charge on any atom is 0.292 e. The molecule has 0 heterocycles. The Bertz CT molecular complexity index is 514. The second-order valence-corrected chi connectivity index (χ2v) is 10.6. The molecular formula is C16H24FNO3Si. The minimum Gasteiger partial charge on any atom is -0.520 e. The molecule has 0 saturated carbocycles. The largest absolute Gasteiger partial charge is 0.520 e. The van der Waals surface area contributed by atoms with E-state index in [0.717, 1.165) is 19.3 Å². The smallest absolute Gasteiger partial charge is 0.292 e. The SMILES string of the molecule is C[Si](C)(C)OC(=O)CCCCCNC(=O)c1ccccc1F. The van der Waals surface area contributed by atoms with E-state index in [9.17, 15) is 14.0 Å². The zero-order chi connectivity index (χ0) is 16.6. The highest BCUT2D eigenvalue weighted by molar-refractivity contribution is 6.71. The lowest BCUT2D eigenvalue weighted by atomic mass is 10.1. The van der Waals surface area contributed by atoms with Gasteiger partial charge in [0.2, 0.25) is 8.32 Å². The van der Waals surface area contributed by atoms with Crippen LogP contribution < -0.4 is 5.32 Å². The zero-order valence-electron chi connectivity index (χ0n) is 13.4. The maximum absolute atomic E-state index is 13.4. The summed E-state index contributed by atoms with van der Waals surface area (Å²) in [7, 11) is -1.80. The summed E-state index contributed by atoms with van der Waals surface area (Å²) in [6, 6.07) is 5.89. The molecule has 0 atom stereocenters. The van der Waals surface area contributed by atoms with E-state index in [2.05, 4.69) is 5.32 Å². The van der Waals surface area contributed by atoms with Crippen LogP contribution in [0.4, 0.5) is 4.39 Å². The van der Waals surface area contributed by atoms with Gasteiger partial charge in [-0.3, -0.25) is 9.59 Å². The average Bonchev–Trinajstić information content (AvgIpc) is 2.41. The van der Waals surface area contributed by atoms with Gasteiger partial charge in [-0.15, -0.1) is 0 Å². The molecule has 1 aromatic rings. The molecule has 0 aliphatic carbocycles. The van der Waals surface area contributed by atoms with Gasteiger partial charge < -0.3 is 9.74 Å². The summed E-state index contributed by atoms with van der Waals surface area (Å²) < 4.78 is 18.7. The van der Waals surface area contributed by atoms with Crippen molar-refractivity contribution in [2.24, 2.45) is 0 Å². The molecule has 122 valence electrons. The fourth-order valence-electron chi connectivity index (χ4n) is 1.91. The van der Waals surface area contributed by atoms with E-state index in [4.69, 9.17) is 4.43 Å². The normalized spacial score (nSPS) is 11.1. The third-order valence-corrected chi connectivity index (χ3v) is 3.72. The summed E-state index contributed by atoms with van der Waals surface area (Å²) in [6.07, 6.45) is 2.71. The summed E-state index contributed by atoms with van der Waals surface area (Å²) in [4.78, 5) is 23.3. The predicted molar refractivity (Wildman–Crippen MR) is 86.6 cm³/mol. The quantitative estimate of drug-likeness (QED) is 0.588. The van der Waals surface area contributed by atoms with E-state index in [0.29, 0.717) is 13.0 Å². The van der Waals surface area contributed by atoms with Gasteiger partial charge in [0.1, 0.15) is 5.82 Å². The predicted octanol–water partition coefficient (Wildman–Crippen LogP) is 3.49. The van der Waals surface area contributed by atoms with Gasteiger partial charge in [0.15, 0.2) is 0 Å². The molecular weight excluding hydrogens is 301 g/mol. The fourth-order valence-corrected chi connectivity index (χ4v) is 2.69. The van der Waals surface area contributed by atoms with Crippen molar-refractivity contribution >= 4 is 20.2 Å². The summed E-state index contributed by atoms with van der Waals surface area (Å²) in [5.74, 6) is -1.07. The highest BCUT2D eigenvalue weighted by Gasteiger charge is 2.19. The maximum atomic E-state index is 13.4. The van der Waals surface area contributed by atoms with Gasteiger partial charge in [-0.2, -0.15) is 0 Å². The summed E-state index contributed by atoms with van der Waals surface area (Å²) >= 11 is 0. The number of benzene rings is 1. The molecule has 1 amide bonds. The van der Waals surface area contributed by atoms with Crippen molar-refractivity contribution in [2.45, 2.75) is 45.3 Å². The summed E-state index contributed by atoms with van der Waals surface area (Å²) in [6.45, 7) is 6.39. The molecule has 1 N–H and O–H groups in total. The van der Waals surface area contributed by atoms with Gasteiger partial charge in [0.25, 0.3) is 11.9 Å². The fraction of sp³-hybridized carbons (Fsp3) is 0.500. The van der Waals surface area contributed by atoms with Crippen LogP contribution in [-0.2, 0) is 9.22 Å². The van der Waals surface area contributed by atoms with Crippen molar-refractivity contribution in [3.63, 3.8) is 0 Å². The van der Waals surface area contributed by atoms with E-state index < -0.39 is 20.0 Å². The van der Waals surface area contributed by atoms with Crippen LogP contribution in [0.3, 0.4) is 0 Å². The van der Waals surface area contributed by atoms with Crippen molar-refractivity contribution in [3.05, 3.63) is 35.6 Å². The van der Waals surface area contributed by atoms with Crippen LogP contribution in [0.5, 0.6) is 0 Å². The van der Waals surface area contributed by atoms with Gasteiger partial charge in [-0.1, -0.05) is 18.6 Å². The Morgan fingerprint density at radius 1 is 1.14 bits per heavy atom. The Morgan fingerprint density at radius 3 is 2.45 bits per heavy atom. The Hall–Kier alpha value is -1.69. The molecule has 1 rings (SSSR count). The first kappa shape index (κ1) is 18.4. The molecule has 22 heavy (non-hydrogen) atoms. The third kappa shape index (κ3) is 7.35. The van der Waals surface area contributed by atoms with E-state index in [1.54, 1.807) is 12.1 Å². The van der Waals surface area contributed by atoms with E-state index in [1.807, 2.05) is 19.6 Å². The molecule has 0 unspecified atom stereocenters. The number of nitrogens with one attached hydrogen (secondary N) is 1. The van der Waals surface area contributed by atoms with Crippen LogP contribution in [0.15, 0.2) is 24.3 Å². The lowest BCUT2D eigenvalue weighted by Crippen LogP contribution is -2.29.